The van der Waals surface area contributed by atoms with E-state index >= 15 is 0 Å². The molecule has 1 heterocycles. The molecule has 1 aromatic rings. The molecule has 0 saturated carbocycles. The van der Waals surface area contributed by atoms with Gasteiger partial charge in [-0.3, -0.25) is 15.0 Å². The summed E-state index contributed by atoms with van der Waals surface area (Å²) in [4.78, 5) is 12.5. The van der Waals surface area contributed by atoms with E-state index in [1.54, 1.807) is 12.1 Å². The first kappa shape index (κ1) is 13.0. The van der Waals surface area contributed by atoms with Crippen LogP contribution in [0.25, 0.3) is 0 Å². The van der Waals surface area contributed by atoms with E-state index in [2.05, 4.69) is 18.7 Å². The van der Waals surface area contributed by atoms with Gasteiger partial charge >= 0.3 is 0 Å². The highest BCUT2D eigenvalue weighted by molar-refractivity contribution is 5.33. The number of rotatable bonds is 3. The molecular formula is C13H18N2O3. The monoisotopic (exact) mass is 250 g/mol. The van der Waals surface area contributed by atoms with E-state index in [1.807, 2.05) is 0 Å². The molecule has 0 aromatic heterocycles. The summed E-state index contributed by atoms with van der Waals surface area (Å²) in [6.45, 7) is 6.00. The van der Waals surface area contributed by atoms with Gasteiger partial charge in [-0.25, -0.2) is 0 Å². The summed E-state index contributed by atoms with van der Waals surface area (Å²) in [5.41, 5.74) is 1.10. The lowest BCUT2D eigenvalue weighted by atomic mass is 10.1. The Hall–Kier alpha value is -1.46. The molecule has 98 valence electrons. The van der Waals surface area contributed by atoms with E-state index in [0.717, 1.165) is 25.1 Å². The van der Waals surface area contributed by atoms with Crippen molar-refractivity contribution in [2.75, 3.05) is 13.2 Å². The van der Waals surface area contributed by atoms with E-state index in [-0.39, 0.29) is 16.8 Å². The van der Waals surface area contributed by atoms with Crippen molar-refractivity contribution in [3.05, 3.63) is 39.9 Å². The second kappa shape index (κ2) is 5.46. The number of non-ortho nitro benzene ring substituents is 1. The van der Waals surface area contributed by atoms with Crippen LogP contribution < -0.4 is 0 Å². The quantitative estimate of drug-likeness (QED) is 0.611. The zero-order valence-corrected chi connectivity index (χ0v) is 10.7. The first-order chi connectivity index (χ1) is 8.59. The molecule has 1 aliphatic heterocycles. The highest BCUT2D eigenvalue weighted by atomic mass is 16.6. The van der Waals surface area contributed by atoms with Crippen LogP contribution in [0.3, 0.4) is 0 Å². The van der Waals surface area contributed by atoms with Gasteiger partial charge in [0, 0.05) is 24.7 Å². The van der Waals surface area contributed by atoms with E-state index in [4.69, 9.17) is 4.74 Å². The Labute approximate surface area is 107 Å². The van der Waals surface area contributed by atoms with Crippen molar-refractivity contribution in [1.29, 1.82) is 0 Å². The van der Waals surface area contributed by atoms with Crippen LogP contribution in [0.1, 0.15) is 32.1 Å². The molecule has 1 aliphatic rings. The third kappa shape index (κ3) is 2.68. The maximum atomic E-state index is 10.6. The van der Waals surface area contributed by atoms with E-state index < -0.39 is 0 Å². The minimum absolute atomic E-state index is 0.0837. The zero-order valence-electron chi connectivity index (χ0n) is 10.7. The Balaban J connectivity index is 2.20. The van der Waals surface area contributed by atoms with Gasteiger partial charge < -0.3 is 4.74 Å². The van der Waals surface area contributed by atoms with Gasteiger partial charge in [-0.1, -0.05) is 0 Å². The zero-order chi connectivity index (χ0) is 13.1. The molecule has 0 unspecified atom stereocenters. The molecule has 1 aromatic carbocycles. The van der Waals surface area contributed by atoms with Gasteiger partial charge in [0.05, 0.1) is 11.5 Å². The molecule has 2 rings (SSSR count). The van der Waals surface area contributed by atoms with Crippen LogP contribution >= 0.6 is 0 Å². The van der Waals surface area contributed by atoms with Crippen molar-refractivity contribution in [3.63, 3.8) is 0 Å². The number of hydrogen-bond donors (Lipinski definition) is 0. The predicted octanol–water partition coefficient (Wildman–Crippen LogP) is 2.72. The normalized spacial score (nSPS) is 21.2. The number of nitro groups is 1. The Morgan fingerprint density at radius 2 is 2.06 bits per heavy atom. The molecule has 1 fully saturated rings. The van der Waals surface area contributed by atoms with Crippen LogP contribution in [0.2, 0.25) is 0 Å². The van der Waals surface area contributed by atoms with E-state index in [9.17, 15) is 10.1 Å². The van der Waals surface area contributed by atoms with Crippen molar-refractivity contribution in [2.24, 2.45) is 0 Å². The topological polar surface area (TPSA) is 55.6 Å². The predicted molar refractivity (Wildman–Crippen MR) is 68.2 cm³/mol. The van der Waals surface area contributed by atoms with E-state index in [0.29, 0.717) is 6.04 Å². The van der Waals surface area contributed by atoms with Gasteiger partial charge in [0.25, 0.3) is 5.69 Å². The summed E-state index contributed by atoms with van der Waals surface area (Å²) in [5.74, 6) is 0. The van der Waals surface area contributed by atoms with Gasteiger partial charge in [-0.2, -0.15) is 0 Å². The van der Waals surface area contributed by atoms with Crippen molar-refractivity contribution in [3.8, 4) is 0 Å². The van der Waals surface area contributed by atoms with Gasteiger partial charge in [0.1, 0.15) is 6.23 Å². The molecule has 1 atom stereocenters. The highest BCUT2D eigenvalue weighted by Crippen LogP contribution is 2.29. The third-order valence-electron chi connectivity index (χ3n) is 3.19. The fourth-order valence-electron chi connectivity index (χ4n) is 2.23. The summed E-state index contributed by atoms with van der Waals surface area (Å²) in [6, 6.07) is 7.02. The molecule has 18 heavy (non-hydrogen) atoms. The van der Waals surface area contributed by atoms with Crippen LogP contribution in [-0.2, 0) is 4.74 Å². The molecule has 1 saturated heterocycles. The Kier molecular flexibility index (Phi) is 3.93. The van der Waals surface area contributed by atoms with E-state index in [1.165, 1.54) is 12.1 Å². The summed E-state index contributed by atoms with van der Waals surface area (Å²) < 4.78 is 5.79. The number of nitrogens with zero attached hydrogens (tertiary/aromatic N) is 2. The highest BCUT2D eigenvalue weighted by Gasteiger charge is 2.26. The lowest BCUT2D eigenvalue weighted by molar-refractivity contribution is -0.384. The Morgan fingerprint density at radius 1 is 1.39 bits per heavy atom. The van der Waals surface area contributed by atoms with Gasteiger partial charge in [0.15, 0.2) is 0 Å². The average molecular weight is 250 g/mol. The maximum absolute atomic E-state index is 10.6. The van der Waals surface area contributed by atoms with Crippen molar-refractivity contribution in [1.82, 2.24) is 4.90 Å². The standard InChI is InChI=1S/C13H18N2O3/c1-10(2)14-8-3-9-18-13(14)11-4-6-12(7-5-11)15(16)17/h4-7,10,13H,3,8-9H2,1-2H3/t13-/m1/s1. The molecule has 0 amide bonds. The molecule has 0 aliphatic carbocycles. The maximum Gasteiger partial charge on any atom is 0.269 e. The number of hydrogen-bond acceptors (Lipinski definition) is 4. The molecule has 5 nitrogen and oxygen atoms in total. The minimum atomic E-state index is -0.383. The number of nitro benzene ring substituents is 1. The molecule has 0 N–H and O–H groups in total. The minimum Gasteiger partial charge on any atom is -0.359 e. The SMILES string of the molecule is CC(C)N1CCCO[C@@H]1c1ccc([N+](=O)[O-])cc1. The third-order valence-corrected chi connectivity index (χ3v) is 3.19. The fourth-order valence-corrected chi connectivity index (χ4v) is 2.23. The molecular weight excluding hydrogens is 232 g/mol. The lowest BCUT2D eigenvalue weighted by Crippen LogP contribution is -2.41. The largest absolute Gasteiger partial charge is 0.359 e. The van der Waals surface area contributed by atoms with Crippen LogP contribution in [0, 0.1) is 10.1 Å². The van der Waals surface area contributed by atoms with Crippen LogP contribution in [-0.4, -0.2) is 29.0 Å². The molecule has 0 radical (unpaired) electrons. The fraction of sp³-hybridized carbons (Fsp3) is 0.538. The Morgan fingerprint density at radius 3 is 2.61 bits per heavy atom. The van der Waals surface area contributed by atoms with Crippen molar-refractivity contribution < 1.29 is 9.66 Å². The number of benzene rings is 1. The summed E-state index contributed by atoms with van der Waals surface area (Å²) in [5, 5.41) is 10.6. The Bertz CT molecular complexity index is 417. The number of ether oxygens (including phenoxy) is 1. The van der Waals surface area contributed by atoms with Crippen molar-refractivity contribution in [2.45, 2.75) is 32.5 Å². The summed E-state index contributed by atoms with van der Waals surface area (Å²) in [7, 11) is 0. The van der Waals surface area contributed by atoms with Gasteiger partial charge in [-0.05, 0) is 38.0 Å². The van der Waals surface area contributed by atoms with Crippen LogP contribution in [0.15, 0.2) is 24.3 Å². The molecule has 5 heteroatoms. The van der Waals surface area contributed by atoms with Crippen molar-refractivity contribution >= 4 is 5.69 Å². The first-order valence-corrected chi connectivity index (χ1v) is 6.21. The second-order valence-electron chi connectivity index (χ2n) is 4.76. The average Bonchev–Trinajstić information content (AvgIpc) is 2.39. The summed E-state index contributed by atoms with van der Waals surface area (Å²) >= 11 is 0. The smallest absolute Gasteiger partial charge is 0.269 e. The summed E-state index contributed by atoms with van der Waals surface area (Å²) in [6.07, 6.45) is 0.946. The molecule has 0 spiro atoms. The van der Waals surface area contributed by atoms with Gasteiger partial charge in [0.2, 0.25) is 0 Å². The van der Waals surface area contributed by atoms with Gasteiger partial charge in [-0.15, -0.1) is 0 Å². The second-order valence-corrected chi connectivity index (χ2v) is 4.76. The lowest BCUT2D eigenvalue weighted by Gasteiger charge is -2.38. The van der Waals surface area contributed by atoms with Crippen LogP contribution in [0.4, 0.5) is 5.69 Å². The van der Waals surface area contributed by atoms with Crippen LogP contribution in [0.5, 0.6) is 0 Å². The molecule has 0 bridgehead atoms. The first-order valence-electron chi connectivity index (χ1n) is 6.21.